The number of carboxylic acids is 1. The Bertz CT molecular complexity index is 989. The van der Waals surface area contributed by atoms with E-state index in [1.54, 1.807) is 12.1 Å². The summed E-state index contributed by atoms with van der Waals surface area (Å²) in [6, 6.07) is 6.09. The molecular weight excluding hydrogens is 438 g/mol. The van der Waals surface area contributed by atoms with Crippen LogP contribution in [0, 0.1) is 0 Å². The zero-order valence-corrected chi connectivity index (χ0v) is 17.7. The molecule has 3 rings (SSSR count). The molecule has 32 heavy (non-hydrogen) atoms. The minimum atomic E-state index is -1.17. The number of carboxylic acid groups (broad SMARTS) is 1. The minimum Gasteiger partial charge on any atom is -0.480 e. The molecule has 1 saturated heterocycles. The molecule has 2 atom stereocenters. The fraction of sp³-hybridized carbons (Fsp3) is 0.368. The summed E-state index contributed by atoms with van der Waals surface area (Å²) in [5.74, 6) is -1.86. The van der Waals surface area contributed by atoms with Gasteiger partial charge in [-0.1, -0.05) is 24.3 Å². The van der Waals surface area contributed by atoms with Crippen LogP contribution < -0.4 is 11.1 Å². The lowest BCUT2D eigenvalue weighted by Gasteiger charge is -2.15. The molecule has 1 aliphatic heterocycles. The molecule has 1 fully saturated rings. The van der Waals surface area contributed by atoms with Crippen molar-refractivity contribution in [2.24, 2.45) is 5.73 Å². The summed E-state index contributed by atoms with van der Waals surface area (Å²) in [6.07, 6.45) is 1.18. The molecule has 0 saturated carbocycles. The number of nitrogens with two attached hydrogens (primary N) is 1. The largest absolute Gasteiger partial charge is 0.480 e. The Balaban J connectivity index is 1.43. The number of likely N-dealkylation sites (tertiary alicyclic amines) is 1. The van der Waals surface area contributed by atoms with Crippen molar-refractivity contribution in [3.63, 3.8) is 0 Å². The molecular formula is C19H21N7O5S. The molecule has 168 valence electrons. The number of hydrogen-bond donors (Lipinski definition) is 3. The Labute approximate surface area is 187 Å². The molecule has 0 spiro atoms. The normalized spacial score (nSPS) is 16.8. The van der Waals surface area contributed by atoms with Gasteiger partial charge in [-0.15, -0.1) is 32.2 Å². The molecule has 1 aromatic carbocycles. The van der Waals surface area contributed by atoms with Gasteiger partial charge in [0, 0.05) is 37.2 Å². The van der Waals surface area contributed by atoms with Crippen molar-refractivity contribution < 1.29 is 24.3 Å². The summed E-state index contributed by atoms with van der Waals surface area (Å²) in [6.45, 7) is 0.245. The Morgan fingerprint density at radius 3 is 2.56 bits per heavy atom. The lowest BCUT2D eigenvalue weighted by molar-refractivity contribution is -0.139. The van der Waals surface area contributed by atoms with Crippen molar-refractivity contribution in [3.8, 4) is 11.4 Å². The minimum absolute atomic E-state index is 0.0234. The summed E-state index contributed by atoms with van der Waals surface area (Å²) in [4.78, 5) is 48.5. The Kier molecular flexibility index (Phi) is 7.78. The van der Waals surface area contributed by atoms with E-state index in [1.165, 1.54) is 6.33 Å². The summed E-state index contributed by atoms with van der Waals surface area (Å²) in [5.41, 5.74) is 7.02. The first-order valence-corrected chi connectivity index (χ1v) is 10.7. The highest BCUT2D eigenvalue weighted by Crippen LogP contribution is 2.25. The van der Waals surface area contributed by atoms with Crippen molar-refractivity contribution in [1.29, 1.82) is 0 Å². The fourth-order valence-electron chi connectivity index (χ4n) is 2.90. The maximum atomic E-state index is 12.4. The van der Waals surface area contributed by atoms with E-state index in [1.807, 2.05) is 12.1 Å². The highest BCUT2D eigenvalue weighted by molar-refractivity contribution is 8.00. The summed E-state index contributed by atoms with van der Waals surface area (Å²) < 4.78 is 0. The van der Waals surface area contributed by atoms with Gasteiger partial charge in [-0.25, -0.2) is 0 Å². The number of rotatable bonds is 10. The number of nitrogens with zero attached hydrogens (tertiary/aromatic N) is 5. The van der Waals surface area contributed by atoms with E-state index < -0.39 is 23.2 Å². The van der Waals surface area contributed by atoms with E-state index in [9.17, 15) is 19.2 Å². The van der Waals surface area contributed by atoms with Crippen molar-refractivity contribution in [2.75, 3.05) is 12.3 Å². The molecule has 1 aliphatic rings. The first-order valence-electron chi connectivity index (χ1n) is 9.65. The monoisotopic (exact) mass is 459 g/mol. The summed E-state index contributed by atoms with van der Waals surface area (Å²) >= 11 is 1.04. The molecule has 0 aliphatic carbocycles. The molecule has 13 heteroatoms. The van der Waals surface area contributed by atoms with Gasteiger partial charge in [-0.3, -0.25) is 24.1 Å². The zero-order valence-electron chi connectivity index (χ0n) is 16.9. The van der Waals surface area contributed by atoms with Gasteiger partial charge >= 0.3 is 5.97 Å². The van der Waals surface area contributed by atoms with Crippen LogP contribution >= 0.6 is 11.8 Å². The van der Waals surface area contributed by atoms with Crippen LogP contribution in [-0.2, 0) is 25.7 Å². The van der Waals surface area contributed by atoms with Gasteiger partial charge in [-0.05, 0) is 5.56 Å². The smallest absolute Gasteiger partial charge is 0.321 e. The molecule has 2 heterocycles. The van der Waals surface area contributed by atoms with Crippen LogP contribution in [0.3, 0.4) is 0 Å². The van der Waals surface area contributed by atoms with Crippen LogP contribution in [-0.4, -0.2) is 77.7 Å². The zero-order chi connectivity index (χ0) is 23.1. The van der Waals surface area contributed by atoms with Crippen molar-refractivity contribution in [2.45, 2.75) is 30.7 Å². The topological polar surface area (TPSA) is 181 Å². The third-order valence-corrected chi connectivity index (χ3v) is 5.99. The average molecular weight is 459 g/mol. The number of thioether (sulfide) groups is 1. The molecule has 4 N–H and O–H groups in total. The predicted octanol–water partition coefficient (Wildman–Crippen LogP) is -0.787. The quantitative estimate of drug-likeness (QED) is 0.379. The van der Waals surface area contributed by atoms with Gasteiger partial charge in [0.1, 0.15) is 6.04 Å². The van der Waals surface area contributed by atoms with E-state index in [-0.39, 0.29) is 43.5 Å². The Morgan fingerprint density at radius 2 is 1.91 bits per heavy atom. The van der Waals surface area contributed by atoms with E-state index in [2.05, 4.69) is 25.7 Å². The highest BCUT2D eigenvalue weighted by Gasteiger charge is 2.39. The number of aromatic nitrogens is 4. The third kappa shape index (κ3) is 6.04. The lowest BCUT2D eigenvalue weighted by atomic mass is 10.1. The van der Waals surface area contributed by atoms with Crippen molar-refractivity contribution in [3.05, 3.63) is 36.2 Å². The van der Waals surface area contributed by atoms with Crippen LogP contribution in [0.1, 0.15) is 18.4 Å². The molecule has 12 nitrogen and oxygen atoms in total. The first-order chi connectivity index (χ1) is 15.3. The number of carbonyl (C=O) groups excluding carboxylic acids is 3. The number of aliphatic carboxylic acids is 1. The van der Waals surface area contributed by atoms with Gasteiger partial charge in [0.15, 0.2) is 6.33 Å². The van der Waals surface area contributed by atoms with E-state index >= 15 is 0 Å². The van der Waals surface area contributed by atoms with Crippen LogP contribution in [0.15, 0.2) is 30.6 Å². The second-order valence-corrected chi connectivity index (χ2v) is 8.18. The Morgan fingerprint density at radius 1 is 1.22 bits per heavy atom. The summed E-state index contributed by atoms with van der Waals surface area (Å²) in [5, 5.41) is 26.0. The summed E-state index contributed by atoms with van der Waals surface area (Å²) in [7, 11) is 0. The van der Waals surface area contributed by atoms with E-state index in [0.717, 1.165) is 27.8 Å². The third-order valence-electron chi connectivity index (χ3n) is 4.67. The van der Waals surface area contributed by atoms with Gasteiger partial charge in [-0.2, -0.15) is 0 Å². The molecule has 3 amide bonds. The molecule has 1 unspecified atom stereocenters. The standard InChI is InChI=1S/C19H21N7O5S/c20-13(19(30)31)9-32-14-7-16(28)26(18(14)29)6-5-15(27)21-8-11-1-3-12(4-2-11)17-24-22-10-23-25-17/h1-4,10,13-14H,5-9,20H2,(H,21,27)(H,30,31)/t13-,14?/m0/s1. The number of amides is 3. The number of imide groups is 1. The van der Waals surface area contributed by atoms with Crippen molar-refractivity contribution >= 4 is 35.5 Å². The molecule has 2 aromatic rings. The maximum absolute atomic E-state index is 12.4. The van der Waals surface area contributed by atoms with Gasteiger partial charge in [0.2, 0.25) is 23.5 Å². The molecule has 1 aromatic heterocycles. The molecule has 0 bridgehead atoms. The number of carbonyl (C=O) groups is 4. The van der Waals surface area contributed by atoms with Crippen LogP contribution in [0.25, 0.3) is 11.4 Å². The Hall–Kier alpha value is -3.45. The van der Waals surface area contributed by atoms with Gasteiger partial charge < -0.3 is 16.2 Å². The highest BCUT2D eigenvalue weighted by atomic mass is 32.2. The molecule has 0 radical (unpaired) electrons. The van der Waals surface area contributed by atoms with Crippen LogP contribution in [0.5, 0.6) is 0 Å². The predicted molar refractivity (Wildman–Crippen MR) is 113 cm³/mol. The lowest BCUT2D eigenvalue weighted by Crippen LogP contribution is -2.36. The van der Waals surface area contributed by atoms with E-state index in [0.29, 0.717) is 5.82 Å². The van der Waals surface area contributed by atoms with Crippen molar-refractivity contribution in [1.82, 2.24) is 30.6 Å². The number of nitrogens with one attached hydrogen (secondary N) is 1. The maximum Gasteiger partial charge on any atom is 0.321 e. The van der Waals surface area contributed by atoms with Crippen LogP contribution in [0.4, 0.5) is 0 Å². The van der Waals surface area contributed by atoms with Gasteiger partial charge in [0.05, 0.1) is 5.25 Å². The fourth-order valence-corrected chi connectivity index (χ4v) is 4.02. The second kappa shape index (κ2) is 10.7. The number of hydrogen-bond acceptors (Lipinski definition) is 10. The second-order valence-electron chi connectivity index (χ2n) is 6.95. The SMILES string of the molecule is N[C@@H](CSC1CC(=O)N(CCC(=O)NCc2ccc(-c3nncnn3)cc2)C1=O)C(=O)O. The number of benzene rings is 1. The van der Waals surface area contributed by atoms with Crippen LogP contribution in [0.2, 0.25) is 0 Å². The first kappa shape index (κ1) is 23.2. The average Bonchev–Trinajstić information content (AvgIpc) is 3.07. The van der Waals surface area contributed by atoms with E-state index in [4.69, 9.17) is 10.8 Å². The van der Waals surface area contributed by atoms with Gasteiger partial charge in [0.25, 0.3) is 0 Å².